The van der Waals surface area contributed by atoms with Gasteiger partial charge in [0.05, 0.1) is 11.3 Å². The molecule has 9 heteroatoms. The molecular weight excluding hydrogens is 329 g/mol. The molecular formula is C14H21F3N4OS. The van der Waals surface area contributed by atoms with Crippen LogP contribution in [-0.2, 0) is 0 Å². The molecule has 23 heavy (non-hydrogen) atoms. The molecule has 0 aliphatic heterocycles. The third kappa shape index (κ3) is 9.07. The van der Waals surface area contributed by atoms with Crippen molar-refractivity contribution >= 4 is 23.2 Å². The van der Waals surface area contributed by atoms with Crippen LogP contribution in [0.15, 0.2) is 22.5 Å². The summed E-state index contributed by atoms with van der Waals surface area (Å²) in [5.74, 6) is 0.223. The molecule has 1 amide bonds. The summed E-state index contributed by atoms with van der Waals surface area (Å²) in [5, 5.41) is 10.1. The second-order valence-corrected chi connectivity index (χ2v) is 5.59. The summed E-state index contributed by atoms with van der Waals surface area (Å²) >= 11 is 1.37. The number of guanidine groups is 1. The van der Waals surface area contributed by atoms with Gasteiger partial charge in [-0.1, -0.05) is 6.07 Å². The molecule has 0 saturated carbocycles. The Hall–Kier alpha value is -1.77. The number of aliphatic imine (C=N–C) groups is 1. The Morgan fingerprint density at radius 3 is 2.65 bits per heavy atom. The smallest absolute Gasteiger partial charge is 0.357 e. The number of nitrogens with one attached hydrogen (secondary N) is 3. The Kier molecular flexibility index (Phi) is 8.46. The highest BCUT2D eigenvalue weighted by Gasteiger charge is 2.26. The highest BCUT2D eigenvalue weighted by Crippen LogP contribution is 2.18. The van der Waals surface area contributed by atoms with Gasteiger partial charge >= 0.3 is 6.18 Å². The van der Waals surface area contributed by atoms with Crippen LogP contribution in [0.25, 0.3) is 0 Å². The van der Waals surface area contributed by atoms with E-state index in [2.05, 4.69) is 20.9 Å². The van der Waals surface area contributed by atoms with E-state index >= 15 is 0 Å². The minimum absolute atomic E-state index is 0.126. The zero-order valence-electron chi connectivity index (χ0n) is 12.9. The lowest BCUT2D eigenvalue weighted by Gasteiger charge is -2.12. The molecule has 0 saturated heterocycles. The van der Waals surface area contributed by atoms with Crippen molar-refractivity contribution in [1.29, 1.82) is 0 Å². The molecule has 0 spiro atoms. The highest BCUT2D eigenvalue weighted by molar-refractivity contribution is 7.12. The third-order valence-electron chi connectivity index (χ3n) is 2.68. The van der Waals surface area contributed by atoms with Gasteiger partial charge in [-0.2, -0.15) is 13.2 Å². The van der Waals surface area contributed by atoms with Crippen molar-refractivity contribution in [3.8, 4) is 0 Å². The van der Waals surface area contributed by atoms with E-state index in [-0.39, 0.29) is 12.5 Å². The van der Waals surface area contributed by atoms with Crippen molar-refractivity contribution in [2.24, 2.45) is 4.99 Å². The van der Waals surface area contributed by atoms with E-state index < -0.39 is 12.6 Å². The van der Waals surface area contributed by atoms with Crippen LogP contribution in [0.4, 0.5) is 13.2 Å². The standard InChI is InChI=1S/C14H21F3N4OS/c1-2-18-13(21-9-6-14(15,16)17)20-8-4-7-19-12(22)11-5-3-10-23-11/h3,5,10H,2,4,6-9H2,1H3,(H,19,22)(H2,18,20,21). The van der Waals surface area contributed by atoms with Crippen LogP contribution in [0.2, 0.25) is 0 Å². The lowest BCUT2D eigenvalue weighted by atomic mass is 10.4. The van der Waals surface area contributed by atoms with Gasteiger partial charge in [0.25, 0.3) is 5.91 Å². The summed E-state index contributed by atoms with van der Waals surface area (Å²) in [4.78, 5) is 16.5. The van der Waals surface area contributed by atoms with Crippen molar-refractivity contribution in [3.63, 3.8) is 0 Å². The summed E-state index contributed by atoms with van der Waals surface area (Å²) in [7, 11) is 0. The van der Waals surface area contributed by atoms with Crippen LogP contribution >= 0.6 is 11.3 Å². The molecule has 0 bridgehead atoms. The summed E-state index contributed by atoms with van der Waals surface area (Å²) in [5.41, 5.74) is 0. The molecule has 1 aromatic rings. The van der Waals surface area contributed by atoms with Crippen molar-refractivity contribution in [3.05, 3.63) is 22.4 Å². The predicted octanol–water partition coefficient (Wildman–Crippen LogP) is 2.38. The second kappa shape index (κ2) is 10.1. The number of carbonyl (C=O) groups excluding carboxylic acids is 1. The van der Waals surface area contributed by atoms with Gasteiger partial charge in [0.2, 0.25) is 0 Å². The SMILES string of the molecule is CCNC(=NCCCNC(=O)c1cccs1)NCCC(F)(F)F. The van der Waals surface area contributed by atoms with Crippen molar-refractivity contribution in [2.45, 2.75) is 25.9 Å². The molecule has 3 N–H and O–H groups in total. The van der Waals surface area contributed by atoms with E-state index in [4.69, 9.17) is 0 Å². The van der Waals surface area contributed by atoms with Gasteiger partial charge in [0.1, 0.15) is 0 Å². The molecule has 1 rings (SSSR count). The molecule has 0 atom stereocenters. The number of nitrogens with zero attached hydrogens (tertiary/aromatic N) is 1. The fourth-order valence-electron chi connectivity index (χ4n) is 1.63. The third-order valence-corrected chi connectivity index (χ3v) is 3.55. The zero-order chi connectivity index (χ0) is 17.1. The summed E-state index contributed by atoms with van der Waals surface area (Å²) in [6.07, 6.45) is -4.49. The molecule has 130 valence electrons. The number of rotatable bonds is 8. The quantitative estimate of drug-likeness (QED) is 0.383. The summed E-state index contributed by atoms with van der Waals surface area (Å²) in [6, 6.07) is 3.55. The van der Waals surface area contributed by atoms with Crippen LogP contribution < -0.4 is 16.0 Å². The first-order valence-electron chi connectivity index (χ1n) is 7.33. The van der Waals surface area contributed by atoms with E-state index in [0.29, 0.717) is 36.9 Å². The number of halogens is 3. The maximum Gasteiger partial charge on any atom is 0.390 e. The maximum atomic E-state index is 12.1. The van der Waals surface area contributed by atoms with E-state index in [1.807, 2.05) is 12.3 Å². The van der Waals surface area contributed by atoms with E-state index in [1.54, 1.807) is 12.1 Å². The molecule has 0 aromatic carbocycles. The number of hydrogen-bond donors (Lipinski definition) is 3. The van der Waals surface area contributed by atoms with Gasteiger partial charge in [0.15, 0.2) is 5.96 Å². The van der Waals surface area contributed by atoms with Crippen LogP contribution in [0.1, 0.15) is 29.4 Å². The van der Waals surface area contributed by atoms with Crippen molar-refractivity contribution in [1.82, 2.24) is 16.0 Å². The minimum Gasteiger partial charge on any atom is -0.357 e. The molecule has 5 nitrogen and oxygen atoms in total. The Labute approximate surface area is 137 Å². The van der Waals surface area contributed by atoms with Crippen LogP contribution in [-0.4, -0.2) is 44.2 Å². The highest BCUT2D eigenvalue weighted by atomic mass is 32.1. The van der Waals surface area contributed by atoms with Gasteiger partial charge in [0, 0.05) is 26.2 Å². The Balaban J connectivity index is 2.24. The van der Waals surface area contributed by atoms with Crippen LogP contribution in [0, 0.1) is 0 Å². The van der Waals surface area contributed by atoms with E-state index in [9.17, 15) is 18.0 Å². The first-order chi connectivity index (χ1) is 10.9. The van der Waals surface area contributed by atoms with Crippen LogP contribution in [0.3, 0.4) is 0 Å². The molecule has 0 radical (unpaired) electrons. The molecule has 1 heterocycles. The molecule has 0 fully saturated rings. The summed E-state index contributed by atoms with van der Waals surface area (Å²) < 4.78 is 36.3. The monoisotopic (exact) mass is 350 g/mol. The van der Waals surface area contributed by atoms with Gasteiger partial charge in [-0.05, 0) is 24.8 Å². The first-order valence-corrected chi connectivity index (χ1v) is 8.21. The molecule has 1 aromatic heterocycles. The Bertz CT molecular complexity index is 489. The van der Waals surface area contributed by atoms with Crippen molar-refractivity contribution < 1.29 is 18.0 Å². The maximum absolute atomic E-state index is 12.1. The van der Waals surface area contributed by atoms with Crippen molar-refractivity contribution in [2.75, 3.05) is 26.2 Å². The fourth-order valence-corrected chi connectivity index (χ4v) is 2.27. The average Bonchev–Trinajstić information content (AvgIpc) is 2.99. The van der Waals surface area contributed by atoms with Gasteiger partial charge in [-0.3, -0.25) is 9.79 Å². The fraction of sp³-hybridized carbons (Fsp3) is 0.571. The molecule has 0 aliphatic carbocycles. The normalized spacial score (nSPS) is 12.1. The first kappa shape index (κ1) is 19.3. The van der Waals surface area contributed by atoms with Crippen LogP contribution in [0.5, 0.6) is 0 Å². The van der Waals surface area contributed by atoms with Gasteiger partial charge < -0.3 is 16.0 Å². The lowest BCUT2D eigenvalue weighted by Crippen LogP contribution is -2.39. The number of carbonyl (C=O) groups is 1. The number of thiophene rings is 1. The molecule has 0 unspecified atom stereocenters. The minimum atomic E-state index is -4.18. The Morgan fingerprint density at radius 2 is 2.04 bits per heavy atom. The topological polar surface area (TPSA) is 65.5 Å². The number of alkyl halides is 3. The van der Waals surface area contributed by atoms with E-state index in [1.165, 1.54) is 11.3 Å². The Morgan fingerprint density at radius 1 is 1.26 bits per heavy atom. The van der Waals surface area contributed by atoms with E-state index in [0.717, 1.165) is 0 Å². The van der Waals surface area contributed by atoms with Gasteiger partial charge in [-0.25, -0.2) is 0 Å². The second-order valence-electron chi connectivity index (χ2n) is 4.64. The number of amides is 1. The predicted molar refractivity (Wildman–Crippen MR) is 85.9 cm³/mol. The number of hydrogen-bond acceptors (Lipinski definition) is 3. The van der Waals surface area contributed by atoms with Gasteiger partial charge in [-0.15, -0.1) is 11.3 Å². The average molecular weight is 350 g/mol. The largest absolute Gasteiger partial charge is 0.390 e. The molecule has 0 aliphatic rings. The summed E-state index contributed by atoms with van der Waals surface area (Å²) in [6.45, 7) is 3.05. The zero-order valence-corrected chi connectivity index (χ0v) is 13.7. The lowest BCUT2D eigenvalue weighted by molar-refractivity contribution is -0.132.